The minimum absolute atomic E-state index is 0.0151. The van der Waals surface area contributed by atoms with Gasteiger partial charge in [-0.1, -0.05) is 0 Å². The summed E-state index contributed by atoms with van der Waals surface area (Å²) in [6.45, 7) is 2.70. The number of hydrogen-bond donors (Lipinski definition) is 1. The molecule has 0 unspecified atom stereocenters. The first-order valence-corrected chi connectivity index (χ1v) is 5.69. The average molecular weight is 256 g/mol. The van der Waals surface area contributed by atoms with E-state index in [1.165, 1.54) is 7.11 Å². The number of nitrogens with two attached hydrogens (primary N) is 1. The molecule has 100 valence electrons. The van der Waals surface area contributed by atoms with Crippen LogP contribution >= 0.6 is 0 Å². The van der Waals surface area contributed by atoms with Gasteiger partial charge in [-0.2, -0.15) is 4.98 Å². The van der Waals surface area contributed by atoms with Crippen molar-refractivity contribution < 1.29 is 18.8 Å². The summed E-state index contributed by atoms with van der Waals surface area (Å²) < 4.78 is 14.8. The third-order valence-corrected chi connectivity index (χ3v) is 2.66. The van der Waals surface area contributed by atoms with E-state index in [9.17, 15) is 4.79 Å². The summed E-state index contributed by atoms with van der Waals surface area (Å²) in [4.78, 5) is 17.2. The van der Waals surface area contributed by atoms with E-state index in [0.717, 1.165) is 0 Å². The normalized spacial score (nSPS) is 17.6. The van der Waals surface area contributed by atoms with Gasteiger partial charge in [0.2, 0.25) is 5.89 Å². The minimum Gasteiger partial charge on any atom is -0.469 e. The lowest BCUT2D eigenvalue weighted by Gasteiger charge is -2.24. The maximum absolute atomic E-state index is 11.1. The molecule has 8 nitrogen and oxygen atoms in total. The summed E-state index contributed by atoms with van der Waals surface area (Å²) in [6.07, 6.45) is 0.0151. The molecule has 1 aliphatic rings. The second kappa shape index (κ2) is 5.78. The summed E-state index contributed by atoms with van der Waals surface area (Å²) in [5.74, 6) is 0.309. The van der Waals surface area contributed by atoms with E-state index >= 15 is 0 Å². The topological polar surface area (TPSA) is 104 Å². The molecule has 0 aromatic carbocycles. The monoisotopic (exact) mass is 256 g/mol. The van der Waals surface area contributed by atoms with Crippen molar-refractivity contribution in [3.05, 3.63) is 5.89 Å². The van der Waals surface area contributed by atoms with Crippen molar-refractivity contribution in [2.24, 2.45) is 5.73 Å². The lowest BCUT2D eigenvalue weighted by Crippen LogP contribution is -2.36. The molecule has 0 bridgehead atoms. The number of aromatic nitrogens is 2. The van der Waals surface area contributed by atoms with E-state index in [0.29, 0.717) is 32.3 Å². The fourth-order valence-corrected chi connectivity index (χ4v) is 1.62. The average Bonchev–Trinajstić information content (AvgIpc) is 2.89. The van der Waals surface area contributed by atoms with Crippen LogP contribution < -0.4 is 10.6 Å². The Balaban J connectivity index is 1.98. The molecule has 8 heteroatoms. The highest BCUT2D eigenvalue weighted by atomic mass is 16.5. The Morgan fingerprint density at radius 2 is 2.28 bits per heavy atom. The highest BCUT2D eigenvalue weighted by Crippen LogP contribution is 2.17. The number of anilines is 1. The number of carbonyl (C=O) groups is 1. The van der Waals surface area contributed by atoms with Crippen LogP contribution in [0.25, 0.3) is 0 Å². The first kappa shape index (κ1) is 12.8. The van der Waals surface area contributed by atoms with E-state index in [2.05, 4.69) is 14.9 Å². The summed E-state index contributed by atoms with van der Waals surface area (Å²) >= 11 is 0. The molecular formula is C10H16N4O4. The number of carbonyl (C=O) groups excluding carboxylic acids is 1. The zero-order chi connectivity index (χ0) is 13.0. The van der Waals surface area contributed by atoms with Gasteiger partial charge in [-0.15, -0.1) is 0 Å². The molecule has 1 aromatic heterocycles. The number of methoxy groups -OCH3 is 1. The van der Waals surface area contributed by atoms with Crippen LogP contribution in [0, 0.1) is 0 Å². The zero-order valence-electron chi connectivity index (χ0n) is 10.2. The van der Waals surface area contributed by atoms with Crippen LogP contribution in [0.2, 0.25) is 0 Å². The molecule has 18 heavy (non-hydrogen) atoms. The van der Waals surface area contributed by atoms with Crippen LogP contribution in [0.3, 0.4) is 0 Å². The van der Waals surface area contributed by atoms with E-state index in [1.807, 2.05) is 4.90 Å². The van der Waals surface area contributed by atoms with Crippen molar-refractivity contribution in [2.45, 2.75) is 12.5 Å². The van der Waals surface area contributed by atoms with E-state index in [1.54, 1.807) is 0 Å². The van der Waals surface area contributed by atoms with E-state index in [4.69, 9.17) is 15.0 Å². The Morgan fingerprint density at radius 1 is 1.56 bits per heavy atom. The summed E-state index contributed by atoms with van der Waals surface area (Å²) in [5.41, 5.74) is 5.77. The fraction of sp³-hybridized carbons (Fsp3) is 0.700. The van der Waals surface area contributed by atoms with Crippen molar-refractivity contribution in [3.8, 4) is 0 Å². The van der Waals surface area contributed by atoms with Gasteiger partial charge in [0.15, 0.2) is 0 Å². The first-order chi connectivity index (χ1) is 8.70. The summed E-state index contributed by atoms with van der Waals surface area (Å²) in [7, 11) is 1.31. The summed E-state index contributed by atoms with van der Waals surface area (Å²) in [6, 6.07) is -0.639. The van der Waals surface area contributed by atoms with Crippen LogP contribution in [-0.4, -0.2) is 49.5 Å². The van der Waals surface area contributed by atoms with Crippen LogP contribution in [-0.2, 0) is 14.3 Å². The number of morpholine rings is 1. The van der Waals surface area contributed by atoms with Gasteiger partial charge in [0, 0.05) is 13.1 Å². The van der Waals surface area contributed by atoms with Crippen molar-refractivity contribution in [3.63, 3.8) is 0 Å². The van der Waals surface area contributed by atoms with Crippen molar-refractivity contribution >= 4 is 11.9 Å². The molecule has 1 aliphatic heterocycles. The Morgan fingerprint density at radius 3 is 2.94 bits per heavy atom. The lowest BCUT2D eigenvalue weighted by molar-refractivity contribution is -0.141. The third-order valence-electron chi connectivity index (χ3n) is 2.66. The second-order valence-corrected chi connectivity index (χ2v) is 3.92. The van der Waals surface area contributed by atoms with Gasteiger partial charge in [0.25, 0.3) is 5.95 Å². The van der Waals surface area contributed by atoms with Crippen LogP contribution in [0.15, 0.2) is 4.52 Å². The van der Waals surface area contributed by atoms with Crippen molar-refractivity contribution in [2.75, 3.05) is 38.3 Å². The summed E-state index contributed by atoms with van der Waals surface area (Å²) in [5, 5.41) is 3.85. The van der Waals surface area contributed by atoms with Gasteiger partial charge in [-0.05, 0) is 5.16 Å². The van der Waals surface area contributed by atoms with Gasteiger partial charge in [-0.3, -0.25) is 4.79 Å². The molecule has 0 saturated carbocycles. The van der Waals surface area contributed by atoms with E-state index in [-0.39, 0.29) is 12.3 Å². The Labute approximate surface area is 104 Å². The molecule has 2 heterocycles. The molecule has 0 radical (unpaired) electrons. The van der Waals surface area contributed by atoms with E-state index < -0.39 is 12.0 Å². The zero-order valence-corrected chi connectivity index (χ0v) is 10.2. The third kappa shape index (κ3) is 2.96. The SMILES string of the molecule is COC(=O)C[C@@H](N)c1nc(N2CCOCC2)no1. The predicted octanol–water partition coefficient (Wildman–Crippen LogP) is -0.531. The Bertz CT molecular complexity index is 402. The second-order valence-electron chi connectivity index (χ2n) is 3.92. The first-order valence-electron chi connectivity index (χ1n) is 5.69. The lowest BCUT2D eigenvalue weighted by atomic mass is 10.2. The minimum atomic E-state index is -0.639. The highest BCUT2D eigenvalue weighted by Gasteiger charge is 2.22. The van der Waals surface area contributed by atoms with Crippen LogP contribution in [0.5, 0.6) is 0 Å². The van der Waals surface area contributed by atoms with Gasteiger partial charge in [0.05, 0.1) is 32.8 Å². The Hall–Kier alpha value is -1.67. The van der Waals surface area contributed by atoms with Gasteiger partial charge in [-0.25, -0.2) is 0 Å². The maximum atomic E-state index is 11.1. The number of esters is 1. The van der Waals surface area contributed by atoms with Crippen LogP contribution in [0.4, 0.5) is 5.95 Å². The smallest absolute Gasteiger partial charge is 0.307 e. The maximum Gasteiger partial charge on any atom is 0.307 e. The van der Waals surface area contributed by atoms with Gasteiger partial charge >= 0.3 is 5.97 Å². The standard InChI is InChI=1S/C10H16N4O4/c1-16-8(15)6-7(11)9-12-10(13-18-9)14-2-4-17-5-3-14/h7H,2-6,11H2,1H3/t7-/m1/s1. The molecule has 1 saturated heterocycles. The number of rotatable bonds is 4. The molecule has 2 N–H and O–H groups in total. The van der Waals surface area contributed by atoms with Crippen LogP contribution in [0.1, 0.15) is 18.4 Å². The molecule has 0 spiro atoms. The molecule has 1 aromatic rings. The largest absolute Gasteiger partial charge is 0.469 e. The Kier molecular flexibility index (Phi) is 4.11. The van der Waals surface area contributed by atoms with Gasteiger partial charge < -0.3 is 24.6 Å². The fourth-order valence-electron chi connectivity index (χ4n) is 1.62. The molecule has 1 fully saturated rings. The number of nitrogens with zero attached hydrogens (tertiary/aromatic N) is 3. The number of ether oxygens (including phenoxy) is 2. The quantitative estimate of drug-likeness (QED) is 0.717. The molecule has 0 aliphatic carbocycles. The molecule has 0 amide bonds. The van der Waals surface area contributed by atoms with Crippen molar-refractivity contribution in [1.29, 1.82) is 0 Å². The predicted molar refractivity (Wildman–Crippen MR) is 60.9 cm³/mol. The van der Waals surface area contributed by atoms with Gasteiger partial charge in [0.1, 0.15) is 0 Å². The van der Waals surface area contributed by atoms with Crippen molar-refractivity contribution in [1.82, 2.24) is 10.1 Å². The highest BCUT2D eigenvalue weighted by molar-refractivity contribution is 5.69. The molecule has 2 rings (SSSR count). The molecule has 1 atom stereocenters. The molecular weight excluding hydrogens is 240 g/mol. The number of hydrogen-bond acceptors (Lipinski definition) is 8.